The molecule has 0 saturated carbocycles. The summed E-state index contributed by atoms with van der Waals surface area (Å²) in [6, 6.07) is 11.6. The molecule has 0 saturated heterocycles. The first-order valence-electron chi connectivity index (χ1n) is 6.87. The molecule has 0 aliphatic heterocycles. The minimum atomic E-state index is -0.412. The van der Waals surface area contributed by atoms with Crippen LogP contribution in [0.4, 0.5) is 10.1 Å². The molecule has 0 heterocycles. The number of benzene rings is 2. The second-order valence-corrected chi connectivity index (χ2v) is 5.01. The maximum Gasteiger partial charge on any atom is 0.251 e. The third kappa shape index (κ3) is 3.91. The molecule has 0 fully saturated rings. The van der Waals surface area contributed by atoms with E-state index < -0.39 is 5.91 Å². The number of anilines is 1. The number of hydrogen-bond donors (Lipinski definition) is 2. The Hall–Kier alpha value is -2.69. The molecule has 4 nitrogen and oxygen atoms in total. The molecule has 2 amide bonds. The summed E-state index contributed by atoms with van der Waals surface area (Å²) in [6.45, 7) is 3.29. The van der Waals surface area contributed by atoms with E-state index in [0.717, 1.165) is 5.56 Å². The summed E-state index contributed by atoms with van der Waals surface area (Å²) < 4.78 is 13.4. The summed E-state index contributed by atoms with van der Waals surface area (Å²) in [5.74, 6) is -1.12. The second kappa shape index (κ2) is 6.85. The summed E-state index contributed by atoms with van der Waals surface area (Å²) in [6.07, 6.45) is 0. The van der Waals surface area contributed by atoms with Gasteiger partial charge in [0.1, 0.15) is 5.82 Å². The van der Waals surface area contributed by atoms with Crippen LogP contribution in [0.5, 0.6) is 0 Å². The van der Waals surface area contributed by atoms with E-state index in [1.807, 2.05) is 19.1 Å². The van der Waals surface area contributed by atoms with Crippen molar-refractivity contribution in [2.75, 3.05) is 11.9 Å². The molecule has 0 radical (unpaired) electrons. The smallest absolute Gasteiger partial charge is 0.251 e. The Labute approximate surface area is 128 Å². The second-order valence-electron chi connectivity index (χ2n) is 5.01. The van der Waals surface area contributed by atoms with Crippen molar-refractivity contribution >= 4 is 17.5 Å². The number of carbonyl (C=O) groups excluding carboxylic acids is 2. The molecule has 114 valence electrons. The number of hydrogen-bond acceptors (Lipinski definition) is 2. The highest BCUT2D eigenvalue weighted by Gasteiger charge is 2.10. The van der Waals surface area contributed by atoms with E-state index in [4.69, 9.17) is 0 Å². The van der Waals surface area contributed by atoms with Crippen molar-refractivity contribution in [1.29, 1.82) is 0 Å². The van der Waals surface area contributed by atoms with Crippen molar-refractivity contribution in [2.24, 2.45) is 0 Å². The molecule has 0 atom stereocenters. The molecule has 2 aromatic carbocycles. The van der Waals surface area contributed by atoms with Crippen LogP contribution in [0, 0.1) is 19.7 Å². The Kier molecular flexibility index (Phi) is 4.88. The zero-order valence-electron chi connectivity index (χ0n) is 12.4. The maximum absolute atomic E-state index is 13.4. The van der Waals surface area contributed by atoms with Gasteiger partial charge in [-0.3, -0.25) is 9.59 Å². The highest BCUT2D eigenvalue weighted by Crippen LogP contribution is 2.13. The first-order chi connectivity index (χ1) is 10.5. The van der Waals surface area contributed by atoms with Gasteiger partial charge < -0.3 is 10.6 Å². The molecule has 22 heavy (non-hydrogen) atoms. The van der Waals surface area contributed by atoms with Crippen LogP contribution in [-0.2, 0) is 4.79 Å². The van der Waals surface area contributed by atoms with Crippen molar-refractivity contribution < 1.29 is 14.0 Å². The van der Waals surface area contributed by atoms with E-state index in [0.29, 0.717) is 16.8 Å². The summed E-state index contributed by atoms with van der Waals surface area (Å²) in [5, 5.41) is 5.08. The van der Waals surface area contributed by atoms with Crippen LogP contribution < -0.4 is 10.6 Å². The van der Waals surface area contributed by atoms with Gasteiger partial charge in [0.05, 0.1) is 6.54 Å². The molecule has 0 aliphatic carbocycles. The van der Waals surface area contributed by atoms with Gasteiger partial charge in [0.2, 0.25) is 5.91 Å². The summed E-state index contributed by atoms with van der Waals surface area (Å²) >= 11 is 0. The largest absolute Gasteiger partial charge is 0.343 e. The number of rotatable bonds is 4. The molecule has 0 aromatic heterocycles. The lowest BCUT2D eigenvalue weighted by molar-refractivity contribution is -0.115. The summed E-state index contributed by atoms with van der Waals surface area (Å²) in [4.78, 5) is 23.8. The van der Waals surface area contributed by atoms with Crippen LogP contribution in [0.2, 0.25) is 0 Å². The van der Waals surface area contributed by atoms with E-state index in [9.17, 15) is 14.0 Å². The summed E-state index contributed by atoms with van der Waals surface area (Å²) in [7, 11) is 0. The molecule has 0 spiro atoms. The third-order valence-electron chi connectivity index (χ3n) is 3.25. The normalized spacial score (nSPS) is 10.1. The maximum atomic E-state index is 13.4. The van der Waals surface area contributed by atoms with Crippen LogP contribution in [0.3, 0.4) is 0 Å². The van der Waals surface area contributed by atoms with E-state index in [-0.39, 0.29) is 18.3 Å². The molecule has 5 heteroatoms. The Balaban J connectivity index is 1.91. The van der Waals surface area contributed by atoms with Gasteiger partial charge in [-0.2, -0.15) is 0 Å². The minimum Gasteiger partial charge on any atom is -0.343 e. The monoisotopic (exact) mass is 300 g/mol. The minimum absolute atomic E-state index is 0.178. The van der Waals surface area contributed by atoms with Gasteiger partial charge in [-0.1, -0.05) is 24.3 Å². The molecule has 2 N–H and O–H groups in total. The average Bonchev–Trinajstić information content (AvgIpc) is 2.49. The number of halogens is 1. The predicted molar refractivity (Wildman–Crippen MR) is 83.3 cm³/mol. The molecular weight excluding hydrogens is 283 g/mol. The van der Waals surface area contributed by atoms with Gasteiger partial charge in [0.25, 0.3) is 5.91 Å². The van der Waals surface area contributed by atoms with Crippen molar-refractivity contribution in [3.8, 4) is 0 Å². The summed E-state index contributed by atoms with van der Waals surface area (Å²) in [5.41, 5.74) is 2.22. The molecule has 2 aromatic rings. The molecule has 2 rings (SSSR count). The quantitative estimate of drug-likeness (QED) is 0.912. The lowest BCUT2D eigenvalue weighted by atomic mass is 10.1. The predicted octanol–water partition coefficient (Wildman–Crippen LogP) is 2.81. The highest BCUT2D eigenvalue weighted by atomic mass is 19.1. The number of aryl methyl sites for hydroxylation is 2. The lowest BCUT2D eigenvalue weighted by Crippen LogP contribution is -2.33. The molecule has 0 aliphatic rings. The average molecular weight is 300 g/mol. The van der Waals surface area contributed by atoms with Crippen LogP contribution in [0.15, 0.2) is 42.5 Å². The SMILES string of the molecule is Cc1ccc(NC(=O)CNC(=O)c2ccccc2C)cc1F. The fourth-order valence-electron chi connectivity index (χ4n) is 1.96. The Morgan fingerprint density at radius 2 is 1.77 bits per heavy atom. The van der Waals surface area contributed by atoms with Crippen molar-refractivity contribution in [3.05, 3.63) is 65.0 Å². The van der Waals surface area contributed by atoms with Gasteiger partial charge in [0.15, 0.2) is 0 Å². The van der Waals surface area contributed by atoms with Gasteiger partial charge in [-0.15, -0.1) is 0 Å². The van der Waals surface area contributed by atoms with Crippen LogP contribution in [-0.4, -0.2) is 18.4 Å². The van der Waals surface area contributed by atoms with Crippen LogP contribution >= 0.6 is 0 Å². The Bertz CT molecular complexity index is 714. The van der Waals surface area contributed by atoms with Gasteiger partial charge in [0, 0.05) is 11.3 Å². The van der Waals surface area contributed by atoms with E-state index >= 15 is 0 Å². The molecule has 0 bridgehead atoms. The number of amides is 2. The zero-order valence-corrected chi connectivity index (χ0v) is 12.4. The van der Waals surface area contributed by atoms with Crippen LogP contribution in [0.1, 0.15) is 21.5 Å². The van der Waals surface area contributed by atoms with Gasteiger partial charge in [-0.05, 0) is 43.2 Å². The van der Waals surface area contributed by atoms with Crippen molar-refractivity contribution in [2.45, 2.75) is 13.8 Å². The third-order valence-corrected chi connectivity index (χ3v) is 3.25. The Morgan fingerprint density at radius 1 is 1.05 bits per heavy atom. The zero-order chi connectivity index (χ0) is 16.1. The number of carbonyl (C=O) groups is 2. The first kappa shape index (κ1) is 15.7. The van der Waals surface area contributed by atoms with Crippen molar-refractivity contribution in [1.82, 2.24) is 5.32 Å². The van der Waals surface area contributed by atoms with E-state index in [1.54, 1.807) is 31.2 Å². The molecular formula is C17H17FN2O2. The van der Waals surface area contributed by atoms with Gasteiger partial charge >= 0.3 is 0 Å². The highest BCUT2D eigenvalue weighted by molar-refractivity contribution is 6.00. The fourth-order valence-corrected chi connectivity index (χ4v) is 1.96. The van der Waals surface area contributed by atoms with E-state index in [2.05, 4.69) is 10.6 Å². The van der Waals surface area contributed by atoms with Gasteiger partial charge in [-0.25, -0.2) is 4.39 Å². The lowest BCUT2D eigenvalue weighted by Gasteiger charge is -2.09. The van der Waals surface area contributed by atoms with E-state index in [1.165, 1.54) is 6.07 Å². The topological polar surface area (TPSA) is 58.2 Å². The van der Waals surface area contributed by atoms with Crippen molar-refractivity contribution in [3.63, 3.8) is 0 Å². The fraction of sp³-hybridized carbons (Fsp3) is 0.176. The standard InChI is InChI=1S/C17H17FN2O2/c1-11-5-3-4-6-14(11)17(22)19-10-16(21)20-13-8-7-12(2)15(18)9-13/h3-9H,10H2,1-2H3,(H,19,22)(H,20,21). The number of nitrogens with one attached hydrogen (secondary N) is 2. The van der Waals surface area contributed by atoms with Crippen LogP contribution in [0.25, 0.3) is 0 Å². The molecule has 0 unspecified atom stereocenters. The Morgan fingerprint density at radius 3 is 2.45 bits per heavy atom. The first-order valence-corrected chi connectivity index (χ1v) is 6.87.